The third-order valence-corrected chi connectivity index (χ3v) is 6.88. The molecule has 0 aliphatic carbocycles. The van der Waals surface area contributed by atoms with E-state index >= 15 is 0 Å². The van der Waals surface area contributed by atoms with Crippen molar-refractivity contribution < 1.29 is 23.8 Å². The van der Waals surface area contributed by atoms with E-state index < -0.39 is 0 Å². The van der Waals surface area contributed by atoms with Crippen molar-refractivity contribution in [2.45, 2.75) is 32.8 Å². The molecule has 1 aromatic heterocycles. The lowest BCUT2D eigenvalue weighted by Crippen LogP contribution is -2.14. The molecule has 36 heavy (non-hydrogen) atoms. The van der Waals surface area contributed by atoms with Crippen molar-refractivity contribution in [2.24, 2.45) is 0 Å². The Labute approximate surface area is 214 Å². The quantitative estimate of drug-likeness (QED) is 0.280. The predicted molar refractivity (Wildman–Crippen MR) is 144 cm³/mol. The van der Waals surface area contributed by atoms with E-state index in [1.165, 1.54) is 18.4 Å². The summed E-state index contributed by atoms with van der Waals surface area (Å²) in [6.45, 7) is 6.69. The van der Waals surface area contributed by atoms with Crippen LogP contribution in [0.4, 0.5) is 5.69 Å². The maximum absolute atomic E-state index is 13.1. The molecule has 0 fully saturated rings. The molecule has 0 bridgehead atoms. The van der Waals surface area contributed by atoms with Crippen LogP contribution in [0.2, 0.25) is 0 Å². The maximum atomic E-state index is 13.1. The minimum Gasteiger partial charge on any atom is -0.496 e. The maximum Gasteiger partial charge on any atom is 0.348 e. The van der Waals surface area contributed by atoms with Gasteiger partial charge in [-0.15, -0.1) is 11.3 Å². The van der Waals surface area contributed by atoms with E-state index in [1.54, 1.807) is 31.4 Å². The summed E-state index contributed by atoms with van der Waals surface area (Å²) in [6, 6.07) is 20.5. The van der Waals surface area contributed by atoms with Crippen LogP contribution >= 0.6 is 11.3 Å². The zero-order valence-corrected chi connectivity index (χ0v) is 21.8. The van der Waals surface area contributed by atoms with Crippen molar-refractivity contribution in [3.8, 4) is 11.5 Å². The Balaban J connectivity index is 1.53. The van der Waals surface area contributed by atoms with Gasteiger partial charge in [-0.05, 0) is 64.9 Å². The van der Waals surface area contributed by atoms with E-state index in [9.17, 15) is 9.59 Å². The molecule has 6 nitrogen and oxygen atoms in total. The van der Waals surface area contributed by atoms with Crippen molar-refractivity contribution in [3.05, 3.63) is 88.3 Å². The number of benzene rings is 3. The van der Waals surface area contributed by atoms with E-state index in [1.807, 2.05) is 36.4 Å². The van der Waals surface area contributed by atoms with Crippen LogP contribution in [-0.2, 0) is 16.8 Å². The molecule has 0 aliphatic rings. The van der Waals surface area contributed by atoms with Crippen LogP contribution in [-0.4, -0.2) is 26.1 Å². The molecule has 4 aromatic rings. The minimum atomic E-state index is -0.375. The van der Waals surface area contributed by atoms with Gasteiger partial charge < -0.3 is 19.5 Å². The molecule has 0 aliphatic heterocycles. The Bertz CT molecular complexity index is 1420. The summed E-state index contributed by atoms with van der Waals surface area (Å²) >= 11 is 1.35. The molecule has 0 atom stereocenters. The van der Waals surface area contributed by atoms with E-state index in [0.717, 1.165) is 27.0 Å². The highest BCUT2D eigenvalue weighted by molar-refractivity contribution is 7.20. The summed E-state index contributed by atoms with van der Waals surface area (Å²) in [5.41, 5.74) is 2.93. The Kier molecular flexibility index (Phi) is 7.31. The molecule has 0 spiro atoms. The number of anilines is 1. The van der Waals surface area contributed by atoms with Gasteiger partial charge in [0.1, 0.15) is 23.0 Å². The van der Waals surface area contributed by atoms with E-state index in [4.69, 9.17) is 14.2 Å². The number of para-hydroxylation sites is 1. The Morgan fingerprint density at radius 2 is 1.69 bits per heavy atom. The molecule has 186 valence electrons. The molecule has 0 saturated heterocycles. The number of ether oxygens (including phenoxy) is 3. The second-order valence-corrected chi connectivity index (χ2v) is 10.5. The van der Waals surface area contributed by atoms with Gasteiger partial charge in [0.2, 0.25) is 0 Å². The van der Waals surface area contributed by atoms with Gasteiger partial charge in [-0.1, -0.05) is 39.0 Å². The number of hydrogen-bond donors (Lipinski definition) is 1. The zero-order chi connectivity index (χ0) is 25.9. The van der Waals surface area contributed by atoms with Gasteiger partial charge in [0.05, 0.1) is 14.2 Å². The van der Waals surface area contributed by atoms with Gasteiger partial charge in [-0.2, -0.15) is 0 Å². The number of methoxy groups -OCH3 is 2. The predicted octanol–water partition coefficient (Wildman–Crippen LogP) is 6.83. The minimum absolute atomic E-state index is 0.0659. The average Bonchev–Trinajstić information content (AvgIpc) is 3.30. The second-order valence-electron chi connectivity index (χ2n) is 9.37. The molecule has 1 amide bonds. The van der Waals surface area contributed by atoms with Gasteiger partial charge in [0.15, 0.2) is 0 Å². The van der Waals surface area contributed by atoms with Gasteiger partial charge in [0.25, 0.3) is 5.91 Å². The number of esters is 1. The first-order valence-electron chi connectivity index (χ1n) is 11.5. The van der Waals surface area contributed by atoms with Crippen LogP contribution in [0.15, 0.2) is 66.7 Å². The van der Waals surface area contributed by atoms with E-state index in [0.29, 0.717) is 21.9 Å². The summed E-state index contributed by atoms with van der Waals surface area (Å²) in [5, 5.41) is 3.80. The van der Waals surface area contributed by atoms with Gasteiger partial charge in [-0.25, -0.2) is 4.79 Å². The topological polar surface area (TPSA) is 73.9 Å². The van der Waals surface area contributed by atoms with Crippen LogP contribution in [0.25, 0.3) is 10.1 Å². The van der Waals surface area contributed by atoms with Crippen molar-refractivity contribution in [1.82, 2.24) is 0 Å². The molecule has 3 aromatic carbocycles. The fourth-order valence-electron chi connectivity index (χ4n) is 3.93. The number of carbonyl (C=O) groups is 2. The number of amides is 1. The lowest BCUT2D eigenvalue weighted by molar-refractivity contribution is 0.0606. The number of carbonyl (C=O) groups excluding carboxylic acids is 2. The Morgan fingerprint density at radius 3 is 2.42 bits per heavy atom. The normalized spacial score (nSPS) is 11.2. The Hall–Kier alpha value is -3.84. The van der Waals surface area contributed by atoms with Gasteiger partial charge in [0, 0.05) is 21.5 Å². The SMILES string of the molecule is COC(=O)c1cc2cc(NC(=O)c3ccc(OC)c(COc4ccccc4C(C)(C)C)c3)ccc2s1. The van der Waals surface area contributed by atoms with Crippen molar-refractivity contribution in [2.75, 3.05) is 19.5 Å². The fourth-order valence-corrected chi connectivity index (χ4v) is 4.89. The van der Waals surface area contributed by atoms with Crippen molar-refractivity contribution in [1.29, 1.82) is 0 Å². The monoisotopic (exact) mass is 503 g/mol. The lowest BCUT2D eigenvalue weighted by Gasteiger charge is -2.23. The number of nitrogens with one attached hydrogen (secondary N) is 1. The number of thiophene rings is 1. The number of hydrogen-bond acceptors (Lipinski definition) is 6. The standard InChI is InChI=1S/C29H29NO5S/c1-29(2,3)22-8-6-7-9-24(22)35-17-20-14-18(10-12-23(20)33-4)27(31)30-21-11-13-25-19(15-21)16-26(36-25)28(32)34-5/h6-16H,17H2,1-5H3,(H,30,31). The molecule has 1 heterocycles. The summed E-state index contributed by atoms with van der Waals surface area (Å²) in [5.74, 6) is 0.823. The van der Waals surface area contributed by atoms with Crippen molar-refractivity contribution >= 4 is 39.0 Å². The zero-order valence-electron chi connectivity index (χ0n) is 21.0. The Morgan fingerprint density at radius 1 is 0.917 bits per heavy atom. The molecule has 0 saturated carbocycles. The molecule has 0 unspecified atom stereocenters. The summed E-state index contributed by atoms with van der Waals surface area (Å²) in [7, 11) is 2.95. The fraction of sp³-hybridized carbons (Fsp3) is 0.241. The summed E-state index contributed by atoms with van der Waals surface area (Å²) in [6.07, 6.45) is 0. The highest BCUT2D eigenvalue weighted by Crippen LogP contribution is 2.33. The van der Waals surface area contributed by atoms with Gasteiger partial charge >= 0.3 is 5.97 Å². The van der Waals surface area contributed by atoms with Crippen LogP contribution in [0.5, 0.6) is 11.5 Å². The molecule has 0 radical (unpaired) electrons. The lowest BCUT2D eigenvalue weighted by atomic mass is 9.86. The van der Waals surface area contributed by atoms with E-state index in [-0.39, 0.29) is 23.9 Å². The van der Waals surface area contributed by atoms with Crippen LogP contribution < -0.4 is 14.8 Å². The van der Waals surface area contributed by atoms with Crippen molar-refractivity contribution in [3.63, 3.8) is 0 Å². The first kappa shape index (κ1) is 25.3. The highest BCUT2D eigenvalue weighted by atomic mass is 32.1. The number of rotatable bonds is 7. The highest BCUT2D eigenvalue weighted by Gasteiger charge is 2.19. The molecular formula is C29H29NO5S. The largest absolute Gasteiger partial charge is 0.496 e. The molecule has 4 rings (SSSR count). The smallest absolute Gasteiger partial charge is 0.348 e. The van der Waals surface area contributed by atoms with E-state index in [2.05, 4.69) is 32.2 Å². The third-order valence-electron chi connectivity index (χ3n) is 5.78. The molecular weight excluding hydrogens is 474 g/mol. The average molecular weight is 504 g/mol. The van der Waals surface area contributed by atoms with Crippen LogP contribution in [0.1, 0.15) is 51.9 Å². The van der Waals surface area contributed by atoms with Crippen LogP contribution in [0, 0.1) is 0 Å². The van der Waals surface area contributed by atoms with Crippen LogP contribution in [0.3, 0.4) is 0 Å². The molecule has 7 heteroatoms. The second kappa shape index (κ2) is 10.4. The summed E-state index contributed by atoms with van der Waals surface area (Å²) < 4.78 is 17.4. The first-order valence-corrected chi connectivity index (χ1v) is 12.3. The third kappa shape index (κ3) is 5.52. The first-order chi connectivity index (χ1) is 17.2. The number of fused-ring (bicyclic) bond motifs is 1. The summed E-state index contributed by atoms with van der Waals surface area (Å²) in [4.78, 5) is 25.4. The molecule has 1 N–H and O–H groups in total. The van der Waals surface area contributed by atoms with Gasteiger partial charge in [-0.3, -0.25) is 4.79 Å².